The third-order valence-corrected chi connectivity index (χ3v) is 15.4. The number of aliphatic carboxylic acids is 1. The van der Waals surface area contributed by atoms with Crippen LogP contribution in [0.25, 0.3) is 0 Å². The van der Waals surface area contributed by atoms with E-state index in [2.05, 4.69) is 32.6 Å². The molecule has 0 aromatic heterocycles. The standard InChI is InChI=1S/C36H60N2O8/c1-20-17-21(29(41)32(4,5)43)45-28-27(20)33(6)12-13-35-19-34(35)11-9-24(46-26-18-38(15-16-44-26)14-10-25(39)40)31(2,3)22(34)7-8-23(35)36(33,37)30(28)42/h20-24,26-30,41-43H,7-19,37H2,1-6H3,(H,39,40)/t20-,21?,22+,23?,24+,26?,27+,28?,29+,30+,33-,34?,35+,36+/m1/s1. The Labute approximate surface area is 274 Å². The summed E-state index contributed by atoms with van der Waals surface area (Å²) in [4.78, 5) is 13.3. The van der Waals surface area contributed by atoms with Crippen LogP contribution in [-0.2, 0) is 19.0 Å². The summed E-state index contributed by atoms with van der Waals surface area (Å²) < 4.78 is 19.4. The molecule has 5 aliphatic carbocycles. The molecule has 5 unspecified atom stereocenters. The molecular weight excluding hydrogens is 588 g/mol. The van der Waals surface area contributed by atoms with Crippen LogP contribution in [-0.4, -0.2) is 105 Å². The number of rotatable bonds is 7. The second-order valence-electron chi connectivity index (χ2n) is 18.2. The molecule has 46 heavy (non-hydrogen) atoms. The molecule has 0 bridgehead atoms. The van der Waals surface area contributed by atoms with E-state index in [9.17, 15) is 20.1 Å². The van der Waals surface area contributed by atoms with Gasteiger partial charge in [-0.05, 0) is 111 Å². The average Bonchev–Trinajstić information content (AvgIpc) is 3.61. The lowest BCUT2D eigenvalue weighted by Gasteiger charge is -2.63. The number of fused-ring (bicyclic) bond motifs is 4. The quantitative estimate of drug-likeness (QED) is 0.278. The zero-order chi connectivity index (χ0) is 33.2. The van der Waals surface area contributed by atoms with E-state index < -0.39 is 41.5 Å². The minimum absolute atomic E-state index is 0.0533. The Bertz CT molecular complexity index is 1210. The summed E-state index contributed by atoms with van der Waals surface area (Å²) in [5, 5.41) is 43.0. The van der Waals surface area contributed by atoms with Crippen molar-refractivity contribution in [2.45, 2.75) is 147 Å². The molecule has 10 heteroatoms. The fourth-order valence-corrected chi connectivity index (χ4v) is 13.2. The van der Waals surface area contributed by atoms with Crippen molar-refractivity contribution in [2.24, 2.45) is 51.1 Å². The third kappa shape index (κ3) is 4.53. The van der Waals surface area contributed by atoms with Gasteiger partial charge < -0.3 is 40.4 Å². The number of hydrogen-bond acceptors (Lipinski definition) is 9. The van der Waals surface area contributed by atoms with Crippen molar-refractivity contribution in [3.8, 4) is 0 Å². The number of carboxylic acid groups (broad SMARTS) is 1. The van der Waals surface area contributed by atoms with Crippen molar-refractivity contribution >= 4 is 5.97 Å². The summed E-state index contributed by atoms with van der Waals surface area (Å²) in [5.41, 5.74) is 5.64. The van der Waals surface area contributed by atoms with E-state index in [1.807, 2.05) is 0 Å². The van der Waals surface area contributed by atoms with E-state index in [4.69, 9.17) is 25.1 Å². The van der Waals surface area contributed by atoms with Gasteiger partial charge in [-0.25, -0.2) is 0 Å². The van der Waals surface area contributed by atoms with Gasteiger partial charge in [-0.15, -0.1) is 0 Å². The Kier molecular flexibility index (Phi) is 7.91. The zero-order valence-electron chi connectivity index (χ0n) is 28.9. The van der Waals surface area contributed by atoms with Gasteiger partial charge >= 0.3 is 5.97 Å². The SMILES string of the molecule is C[C@@H]1CC([C@H](O)C(C)(C)O)OC2[C@H]1[C@@]1(C)CC[C@@]34CC35CC[C@H](OC3CN(CCC(=O)O)CCO3)C(C)(C)[C@@H]5CCC4[C@]1(N)[C@H]2O. The van der Waals surface area contributed by atoms with Crippen molar-refractivity contribution in [1.82, 2.24) is 4.90 Å². The van der Waals surface area contributed by atoms with Crippen LogP contribution in [0.1, 0.15) is 99.3 Å². The number of morpholine rings is 1. The lowest BCUT2D eigenvalue weighted by atomic mass is 9.43. The molecule has 7 fully saturated rings. The van der Waals surface area contributed by atoms with Crippen LogP contribution >= 0.6 is 0 Å². The first-order chi connectivity index (χ1) is 21.4. The molecule has 14 atom stereocenters. The Hall–Kier alpha value is -0.850. The smallest absolute Gasteiger partial charge is 0.304 e. The van der Waals surface area contributed by atoms with E-state index >= 15 is 0 Å². The molecule has 7 rings (SSSR count). The van der Waals surface area contributed by atoms with Crippen LogP contribution in [0, 0.1) is 45.3 Å². The molecule has 5 saturated carbocycles. The first-order valence-corrected chi connectivity index (χ1v) is 18.2. The van der Waals surface area contributed by atoms with Gasteiger partial charge in [0.1, 0.15) is 6.10 Å². The highest BCUT2D eigenvalue weighted by Gasteiger charge is 2.85. The topological polar surface area (TPSA) is 155 Å². The summed E-state index contributed by atoms with van der Waals surface area (Å²) in [6.07, 6.45) is 5.03. The van der Waals surface area contributed by atoms with Crippen LogP contribution in [0.4, 0.5) is 0 Å². The Morgan fingerprint density at radius 1 is 1.11 bits per heavy atom. The van der Waals surface area contributed by atoms with E-state index in [1.165, 1.54) is 6.42 Å². The molecule has 0 aromatic rings. The molecule has 2 saturated heterocycles. The summed E-state index contributed by atoms with van der Waals surface area (Å²) in [6, 6.07) is 0. The maximum Gasteiger partial charge on any atom is 0.304 e. The number of hydrogen-bond donors (Lipinski definition) is 5. The van der Waals surface area contributed by atoms with Gasteiger partial charge in [-0.3, -0.25) is 9.69 Å². The van der Waals surface area contributed by atoms with Gasteiger partial charge in [0.05, 0.1) is 48.6 Å². The molecular formula is C36H60N2O8. The van der Waals surface area contributed by atoms with Gasteiger partial charge in [0.25, 0.3) is 0 Å². The second-order valence-corrected chi connectivity index (χ2v) is 18.2. The fraction of sp³-hybridized carbons (Fsp3) is 0.972. The Morgan fingerprint density at radius 2 is 1.80 bits per heavy atom. The van der Waals surface area contributed by atoms with E-state index in [0.717, 1.165) is 45.1 Å². The average molecular weight is 649 g/mol. The largest absolute Gasteiger partial charge is 0.481 e. The summed E-state index contributed by atoms with van der Waals surface area (Å²) in [7, 11) is 0. The van der Waals surface area contributed by atoms with Crippen LogP contribution in [0.3, 0.4) is 0 Å². The minimum atomic E-state index is -1.29. The lowest BCUT2D eigenvalue weighted by molar-refractivity contribution is -0.246. The lowest BCUT2D eigenvalue weighted by Crippen LogP contribution is -2.70. The van der Waals surface area contributed by atoms with Gasteiger partial charge in [0, 0.05) is 19.6 Å². The first-order valence-electron chi connectivity index (χ1n) is 18.2. The molecule has 7 aliphatic rings. The highest BCUT2D eigenvalue weighted by molar-refractivity contribution is 5.66. The predicted octanol–water partition coefficient (Wildman–Crippen LogP) is 3.14. The van der Waals surface area contributed by atoms with E-state index in [0.29, 0.717) is 32.0 Å². The monoisotopic (exact) mass is 648 g/mol. The summed E-state index contributed by atoms with van der Waals surface area (Å²) in [6.45, 7) is 14.9. The fourth-order valence-electron chi connectivity index (χ4n) is 13.2. The predicted molar refractivity (Wildman–Crippen MR) is 171 cm³/mol. The van der Waals surface area contributed by atoms with Gasteiger partial charge in [-0.1, -0.05) is 27.7 Å². The number of carbonyl (C=O) groups is 1. The van der Waals surface area contributed by atoms with Crippen molar-refractivity contribution in [3.05, 3.63) is 0 Å². The number of nitrogens with zero attached hydrogens (tertiary/aromatic N) is 1. The normalized spacial score (nSPS) is 52.0. The Balaban J connectivity index is 1.10. The number of carboxylic acids is 1. The van der Waals surface area contributed by atoms with Crippen molar-refractivity contribution in [1.29, 1.82) is 0 Å². The third-order valence-electron chi connectivity index (χ3n) is 15.4. The van der Waals surface area contributed by atoms with Crippen molar-refractivity contribution < 1.29 is 39.4 Å². The molecule has 262 valence electrons. The molecule has 2 spiro atoms. The highest BCUT2D eigenvalue weighted by Crippen LogP contribution is 2.87. The van der Waals surface area contributed by atoms with Crippen molar-refractivity contribution in [3.63, 3.8) is 0 Å². The van der Waals surface area contributed by atoms with Crippen LogP contribution in [0.5, 0.6) is 0 Å². The first kappa shape index (κ1) is 33.6. The molecule has 10 nitrogen and oxygen atoms in total. The number of aliphatic hydroxyl groups is 3. The maximum absolute atomic E-state index is 12.3. The highest BCUT2D eigenvalue weighted by atomic mass is 16.7. The zero-order valence-corrected chi connectivity index (χ0v) is 28.9. The molecule has 6 N–H and O–H groups in total. The van der Waals surface area contributed by atoms with Gasteiger partial charge in [0.15, 0.2) is 6.29 Å². The molecule has 0 amide bonds. The maximum atomic E-state index is 12.3. The summed E-state index contributed by atoms with van der Waals surface area (Å²) in [5.74, 6) is 0.240. The van der Waals surface area contributed by atoms with Crippen LogP contribution in [0.15, 0.2) is 0 Å². The second kappa shape index (κ2) is 10.8. The van der Waals surface area contributed by atoms with Crippen molar-refractivity contribution in [2.75, 3.05) is 26.2 Å². The number of nitrogens with two attached hydrogens (primary N) is 1. The minimum Gasteiger partial charge on any atom is -0.481 e. The number of aliphatic hydroxyl groups excluding tert-OH is 2. The summed E-state index contributed by atoms with van der Waals surface area (Å²) >= 11 is 0. The van der Waals surface area contributed by atoms with Gasteiger partial charge in [0.2, 0.25) is 0 Å². The molecule has 0 radical (unpaired) electrons. The van der Waals surface area contributed by atoms with Gasteiger partial charge in [-0.2, -0.15) is 0 Å². The molecule has 2 aliphatic heterocycles. The molecule has 0 aromatic carbocycles. The Morgan fingerprint density at radius 3 is 2.50 bits per heavy atom. The molecule has 2 heterocycles. The van der Waals surface area contributed by atoms with E-state index in [-0.39, 0.29) is 58.2 Å². The van der Waals surface area contributed by atoms with Crippen LogP contribution in [0.2, 0.25) is 0 Å². The van der Waals surface area contributed by atoms with E-state index in [1.54, 1.807) is 13.8 Å². The number of ether oxygens (including phenoxy) is 3. The van der Waals surface area contributed by atoms with Crippen LogP contribution < -0.4 is 5.73 Å².